The fourth-order valence-electron chi connectivity index (χ4n) is 1.21. The van der Waals surface area contributed by atoms with Gasteiger partial charge in [-0.15, -0.1) is 0 Å². The van der Waals surface area contributed by atoms with Crippen LogP contribution in [0.15, 0.2) is 22.7 Å². The zero-order chi connectivity index (χ0) is 11.0. The summed E-state index contributed by atoms with van der Waals surface area (Å²) in [4.78, 5) is 0. The van der Waals surface area contributed by atoms with Crippen LogP contribution in [-0.4, -0.2) is 10.3 Å². The van der Waals surface area contributed by atoms with Crippen molar-refractivity contribution in [1.82, 2.24) is 5.16 Å². The molecule has 6 heteroatoms. The van der Waals surface area contributed by atoms with Crippen LogP contribution in [0, 0.1) is 11.6 Å². The molecule has 78 valence electrons. The maximum atomic E-state index is 13.3. The number of hydrogen-bond acceptors (Lipinski definition) is 4. The van der Waals surface area contributed by atoms with Crippen LogP contribution in [-0.2, 0) is 0 Å². The summed E-state index contributed by atoms with van der Waals surface area (Å²) in [6, 6.07) is 2.64. The molecule has 0 atom stereocenters. The summed E-state index contributed by atoms with van der Waals surface area (Å²) >= 11 is 0. The molecule has 2 aromatic rings. The lowest BCUT2D eigenvalue weighted by Crippen LogP contribution is -1.86. The van der Waals surface area contributed by atoms with Gasteiger partial charge in [-0.2, -0.15) is 0 Å². The normalized spacial score (nSPS) is 10.5. The summed E-state index contributed by atoms with van der Waals surface area (Å²) in [6.45, 7) is 0. The van der Waals surface area contributed by atoms with Crippen LogP contribution in [0.2, 0.25) is 0 Å². The van der Waals surface area contributed by atoms with Crippen LogP contribution in [0.25, 0.3) is 11.3 Å². The third kappa shape index (κ3) is 1.61. The van der Waals surface area contributed by atoms with Crippen LogP contribution in [0.4, 0.5) is 14.6 Å². The number of benzene rings is 1. The van der Waals surface area contributed by atoms with E-state index in [1.807, 2.05) is 0 Å². The fourth-order valence-corrected chi connectivity index (χ4v) is 1.21. The Hall–Kier alpha value is -2.11. The van der Waals surface area contributed by atoms with Gasteiger partial charge >= 0.3 is 0 Å². The maximum absolute atomic E-state index is 13.3. The Morgan fingerprint density at radius 1 is 1.27 bits per heavy atom. The number of anilines is 1. The summed E-state index contributed by atoms with van der Waals surface area (Å²) in [5.41, 5.74) is 5.00. The maximum Gasteiger partial charge on any atom is 0.175 e. The molecule has 3 N–H and O–H groups in total. The van der Waals surface area contributed by atoms with Gasteiger partial charge in [-0.25, -0.2) is 8.78 Å². The molecule has 1 aromatic heterocycles. The lowest BCUT2D eigenvalue weighted by Gasteiger charge is -2.01. The molecule has 0 aliphatic heterocycles. The van der Waals surface area contributed by atoms with E-state index >= 15 is 0 Å². The molecule has 0 radical (unpaired) electrons. The van der Waals surface area contributed by atoms with Crippen LogP contribution in [0.3, 0.4) is 0 Å². The van der Waals surface area contributed by atoms with Crippen molar-refractivity contribution in [1.29, 1.82) is 0 Å². The van der Waals surface area contributed by atoms with E-state index in [9.17, 15) is 13.9 Å². The van der Waals surface area contributed by atoms with Crippen LogP contribution >= 0.6 is 0 Å². The topological polar surface area (TPSA) is 72.3 Å². The van der Waals surface area contributed by atoms with Crippen molar-refractivity contribution in [2.75, 3.05) is 5.73 Å². The summed E-state index contributed by atoms with van der Waals surface area (Å²) in [6.07, 6.45) is 0. The number of nitrogens with zero attached hydrogens (tertiary/aromatic N) is 1. The van der Waals surface area contributed by atoms with Crippen molar-refractivity contribution in [2.24, 2.45) is 0 Å². The van der Waals surface area contributed by atoms with Crippen LogP contribution in [0.5, 0.6) is 5.75 Å². The number of halogens is 2. The van der Waals surface area contributed by atoms with Gasteiger partial charge < -0.3 is 15.4 Å². The van der Waals surface area contributed by atoms with Gasteiger partial charge in [0.2, 0.25) is 0 Å². The van der Waals surface area contributed by atoms with Crippen LogP contribution in [0.1, 0.15) is 0 Å². The number of aromatic nitrogens is 1. The molecule has 0 spiro atoms. The number of aromatic hydroxyl groups is 1. The average molecular weight is 212 g/mol. The summed E-state index contributed by atoms with van der Waals surface area (Å²) < 4.78 is 30.6. The Morgan fingerprint density at radius 2 is 2.00 bits per heavy atom. The van der Waals surface area contributed by atoms with E-state index in [4.69, 9.17) is 5.73 Å². The first-order valence-corrected chi connectivity index (χ1v) is 3.98. The molecule has 2 rings (SSSR count). The van der Waals surface area contributed by atoms with Gasteiger partial charge in [-0.1, -0.05) is 5.16 Å². The van der Waals surface area contributed by atoms with E-state index in [0.29, 0.717) is 6.07 Å². The highest BCUT2D eigenvalue weighted by Gasteiger charge is 2.16. The summed E-state index contributed by atoms with van der Waals surface area (Å²) in [5, 5.41) is 12.7. The van der Waals surface area contributed by atoms with E-state index in [1.54, 1.807) is 0 Å². The van der Waals surface area contributed by atoms with Crippen molar-refractivity contribution >= 4 is 5.82 Å². The Kier molecular flexibility index (Phi) is 2.03. The molecule has 0 bridgehead atoms. The predicted molar refractivity (Wildman–Crippen MR) is 47.9 cm³/mol. The van der Waals surface area contributed by atoms with Gasteiger partial charge in [0.25, 0.3) is 0 Å². The first-order chi connectivity index (χ1) is 7.08. The number of rotatable bonds is 1. The molecule has 1 heterocycles. The lowest BCUT2D eigenvalue weighted by atomic mass is 10.1. The number of phenols is 1. The molecule has 0 saturated heterocycles. The zero-order valence-corrected chi connectivity index (χ0v) is 7.37. The van der Waals surface area contributed by atoms with Crippen LogP contribution < -0.4 is 5.73 Å². The minimum Gasteiger partial charge on any atom is -0.507 e. The Labute approximate surface area is 82.9 Å². The molecule has 15 heavy (non-hydrogen) atoms. The smallest absolute Gasteiger partial charge is 0.175 e. The van der Waals surface area contributed by atoms with Gasteiger partial charge in [0.1, 0.15) is 17.4 Å². The number of nitrogens with two attached hydrogens (primary N) is 1. The van der Waals surface area contributed by atoms with Crippen molar-refractivity contribution in [3.8, 4) is 17.1 Å². The Bertz CT molecular complexity index is 488. The first kappa shape index (κ1) is 9.45. The lowest BCUT2D eigenvalue weighted by molar-refractivity contribution is 0.422. The minimum absolute atomic E-state index is 0.0492. The van der Waals surface area contributed by atoms with Crippen molar-refractivity contribution in [2.45, 2.75) is 0 Å². The van der Waals surface area contributed by atoms with E-state index in [-0.39, 0.29) is 17.1 Å². The quantitative estimate of drug-likeness (QED) is 0.757. The second-order valence-electron chi connectivity index (χ2n) is 2.90. The highest BCUT2D eigenvalue weighted by molar-refractivity contribution is 5.67. The molecule has 1 aromatic carbocycles. The van der Waals surface area contributed by atoms with Gasteiger partial charge in [0, 0.05) is 18.2 Å². The first-order valence-electron chi connectivity index (χ1n) is 3.98. The third-order valence-electron chi connectivity index (χ3n) is 1.81. The molecule has 0 unspecified atom stereocenters. The van der Waals surface area contributed by atoms with Gasteiger partial charge in [-0.3, -0.25) is 0 Å². The SMILES string of the molecule is Nc1cc(-c2c(O)cc(F)cc2F)on1. The van der Waals surface area contributed by atoms with E-state index in [1.165, 1.54) is 6.07 Å². The molecule has 4 nitrogen and oxygen atoms in total. The Balaban J connectivity index is 2.62. The van der Waals surface area contributed by atoms with Crippen molar-refractivity contribution < 1.29 is 18.4 Å². The zero-order valence-electron chi connectivity index (χ0n) is 7.37. The highest BCUT2D eigenvalue weighted by atomic mass is 19.1. The third-order valence-corrected chi connectivity index (χ3v) is 1.81. The fraction of sp³-hybridized carbons (Fsp3) is 0. The van der Waals surface area contributed by atoms with Gasteiger partial charge in [0.15, 0.2) is 11.6 Å². The summed E-state index contributed by atoms with van der Waals surface area (Å²) in [5.74, 6) is -2.39. The second-order valence-corrected chi connectivity index (χ2v) is 2.90. The molecule has 0 amide bonds. The molecule has 0 aliphatic carbocycles. The molecule has 0 aliphatic rings. The van der Waals surface area contributed by atoms with Crippen molar-refractivity contribution in [3.05, 3.63) is 29.8 Å². The standard InChI is InChI=1S/C9H6F2N2O2/c10-4-1-5(11)9(6(14)2-4)7-3-8(12)13-15-7/h1-3,14H,(H2,12,13). The minimum atomic E-state index is -0.941. The monoisotopic (exact) mass is 212 g/mol. The molecule has 0 saturated carbocycles. The Morgan fingerprint density at radius 3 is 2.53 bits per heavy atom. The number of phenolic OH excluding ortho intramolecular Hbond substituents is 1. The van der Waals surface area contributed by atoms with E-state index in [2.05, 4.69) is 9.68 Å². The van der Waals surface area contributed by atoms with Gasteiger partial charge in [-0.05, 0) is 0 Å². The summed E-state index contributed by atoms with van der Waals surface area (Å²) in [7, 11) is 0. The second kappa shape index (κ2) is 3.23. The largest absolute Gasteiger partial charge is 0.507 e. The number of nitrogen functional groups attached to an aromatic ring is 1. The molecular formula is C9H6F2N2O2. The van der Waals surface area contributed by atoms with E-state index < -0.39 is 17.4 Å². The molecular weight excluding hydrogens is 206 g/mol. The predicted octanol–water partition coefficient (Wildman–Crippen LogP) is 1.91. The van der Waals surface area contributed by atoms with Crippen molar-refractivity contribution in [3.63, 3.8) is 0 Å². The van der Waals surface area contributed by atoms with Gasteiger partial charge in [0.05, 0.1) is 5.56 Å². The van der Waals surface area contributed by atoms with E-state index in [0.717, 1.165) is 6.07 Å². The molecule has 0 fully saturated rings. The highest BCUT2D eigenvalue weighted by Crippen LogP contribution is 2.33. The number of hydrogen-bond donors (Lipinski definition) is 2. The average Bonchev–Trinajstić information content (AvgIpc) is 2.49.